The summed E-state index contributed by atoms with van der Waals surface area (Å²) in [6.45, 7) is 6.30. The van der Waals surface area contributed by atoms with E-state index in [9.17, 15) is 0 Å². The zero-order valence-electron chi connectivity index (χ0n) is 13.3. The molecule has 0 amide bonds. The molecule has 0 atom stereocenters. The second kappa shape index (κ2) is 7.70. The first-order chi connectivity index (χ1) is 10.9. The van der Waals surface area contributed by atoms with Crippen molar-refractivity contribution in [3.8, 4) is 17.2 Å². The molecule has 0 aliphatic carbocycles. The largest absolute Gasteiger partial charge is 0.496 e. The molecule has 2 heterocycles. The van der Waals surface area contributed by atoms with Crippen molar-refractivity contribution in [2.24, 2.45) is 0 Å². The predicted molar refractivity (Wildman–Crippen MR) is 84.2 cm³/mol. The third kappa shape index (κ3) is 3.84. The van der Waals surface area contributed by atoms with Crippen molar-refractivity contribution in [2.75, 3.05) is 53.2 Å². The number of benzene rings is 1. The highest BCUT2D eigenvalue weighted by molar-refractivity contribution is 5.51. The summed E-state index contributed by atoms with van der Waals surface area (Å²) >= 11 is 0. The molecule has 0 bridgehead atoms. The van der Waals surface area contributed by atoms with E-state index in [4.69, 9.17) is 18.9 Å². The molecule has 122 valence electrons. The van der Waals surface area contributed by atoms with E-state index in [1.807, 2.05) is 6.07 Å². The van der Waals surface area contributed by atoms with E-state index in [1.165, 1.54) is 5.56 Å². The van der Waals surface area contributed by atoms with Crippen molar-refractivity contribution < 1.29 is 18.9 Å². The van der Waals surface area contributed by atoms with Crippen LogP contribution < -0.4 is 14.2 Å². The summed E-state index contributed by atoms with van der Waals surface area (Å²) < 4.78 is 22.4. The quantitative estimate of drug-likeness (QED) is 0.833. The zero-order valence-corrected chi connectivity index (χ0v) is 13.3. The van der Waals surface area contributed by atoms with Crippen LogP contribution in [0.1, 0.15) is 18.4 Å². The lowest BCUT2D eigenvalue weighted by Gasteiger charge is -2.26. The normalized spacial score (nSPS) is 18.8. The van der Waals surface area contributed by atoms with Gasteiger partial charge < -0.3 is 18.9 Å². The van der Waals surface area contributed by atoms with Crippen LogP contribution in [0.4, 0.5) is 0 Å². The fourth-order valence-corrected chi connectivity index (χ4v) is 2.94. The minimum Gasteiger partial charge on any atom is -0.496 e. The molecule has 0 unspecified atom stereocenters. The van der Waals surface area contributed by atoms with Crippen LogP contribution in [0.5, 0.6) is 17.2 Å². The summed E-state index contributed by atoms with van der Waals surface area (Å²) in [5.74, 6) is 2.54. The number of morpholine rings is 1. The third-order valence-electron chi connectivity index (χ3n) is 4.17. The molecule has 0 aromatic heterocycles. The first-order valence-electron chi connectivity index (χ1n) is 8.13. The minimum atomic E-state index is 0.701. The van der Waals surface area contributed by atoms with Crippen molar-refractivity contribution in [2.45, 2.75) is 19.3 Å². The fraction of sp³-hybridized carbons (Fsp3) is 0.647. The van der Waals surface area contributed by atoms with Gasteiger partial charge in [-0.05, 0) is 31.0 Å². The Balaban J connectivity index is 1.62. The first-order valence-corrected chi connectivity index (χ1v) is 8.13. The Bertz CT molecular complexity index is 486. The Morgan fingerprint density at radius 1 is 1.05 bits per heavy atom. The molecule has 2 aliphatic rings. The maximum absolute atomic E-state index is 5.78. The topological polar surface area (TPSA) is 40.2 Å². The SMILES string of the molecule is COc1cc2c(cc1CCCN1CCOCC1)OCCCO2. The molecule has 1 aromatic rings. The molecule has 3 rings (SSSR count). The fourth-order valence-electron chi connectivity index (χ4n) is 2.94. The van der Waals surface area contributed by atoms with E-state index in [-0.39, 0.29) is 0 Å². The number of fused-ring (bicyclic) bond motifs is 1. The Kier molecular flexibility index (Phi) is 5.40. The summed E-state index contributed by atoms with van der Waals surface area (Å²) in [6.07, 6.45) is 3.01. The van der Waals surface area contributed by atoms with Crippen LogP contribution in [0.2, 0.25) is 0 Å². The van der Waals surface area contributed by atoms with E-state index in [0.29, 0.717) is 13.2 Å². The van der Waals surface area contributed by atoms with Crippen LogP contribution in [0.25, 0.3) is 0 Å². The van der Waals surface area contributed by atoms with Gasteiger partial charge >= 0.3 is 0 Å². The lowest BCUT2D eigenvalue weighted by molar-refractivity contribution is 0.0374. The highest BCUT2D eigenvalue weighted by Crippen LogP contribution is 2.36. The Morgan fingerprint density at radius 2 is 1.77 bits per heavy atom. The number of hydrogen-bond acceptors (Lipinski definition) is 5. The smallest absolute Gasteiger partial charge is 0.164 e. The number of rotatable bonds is 5. The van der Waals surface area contributed by atoms with Crippen LogP contribution in [0, 0.1) is 0 Å². The molecule has 5 nitrogen and oxygen atoms in total. The number of methoxy groups -OCH3 is 1. The van der Waals surface area contributed by atoms with Crippen LogP contribution in [-0.4, -0.2) is 58.1 Å². The van der Waals surface area contributed by atoms with Gasteiger partial charge in [0.15, 0.2) is 11.5 Å². The van der Waals surface area contributed by atoms with Crippen molar-refractivity contribution in [3.05, 3.63) is 17.7 Å². The van der Waals surface area contributed by atoms with E-state index >= 15 is 0 Å². The standard InChI is InChI=1S/C17H25NO4/c1-19-15-13-17-16(21-8-3-9-22-17)12-14(15)4-2-5-18-6-10-20-11-7-18/h12-13H,2-11H2,1H3. The summed E-state index contributed by atoms with van der Waals surface area (Å²) in [5.41, 5.74) is 1.19. The second-order valence-corrected chi connectivity index (χ2v) is 5.72. The monoisotopic (exact) mass is 307 g/mol. The molecule has 0 saturated carbocycles. The summed E-state index contributed by atoms with van der Waals surface area (Å²) in [7, 11) is 1.71. The molecule has 1 aromatic carbocycles. The van der Waals surface area contributed by atoms with Crippen molar-refractivity contribution in [1.29, 1.82) is 0 Å². The van der Waals surface area contributed by atoms with E-state index in [0.717, 1.165) is 69.4 Å². The number of nitrogens with zero attached hydrogens (tertiary/aromatic N) is 1. The van der Waals surface area contributed by atoms with Gasteiger partial charge in [0.05, 0.1) is 33.5 Å². The van der Waals surface area contributed by atoms with Crippen molar-refractivity contribution >= 4 is 0 Å². The maximum atomic E-state index is 5.78. The Hall–Kier alpha value is -1.46. The molecule has 22 heavy (non-hydrogen) atoms. The molecule has 5 heteroatoms. The molecule has 0 N–H and O–H groups in total. The van der Waals surface area contributed by atoms with Gasteiger partial charge in [-0.15, -0.1) is 0 Å². The molecule has 2 aliphatic heterocycles. The second-order valence-electron chi connectivity index (χ2n) is 5.72. The summed E-state index contributed by atoms with van der Waals surface area (Å²) in [5, 5.41) is 0. The predicted octanol–water partition coefficient (Wildman–Crippen LogP) is 2.12. The summed E-state index contributed by atoms with van der Waals surface area (Å²) in [4.78, 5) is 2.46. The lowest BCUT2D eigenvalue weighted by Crippen LogP contribution is -2.36. The molecule has 1 saturated heterocycles. The maximum Gasteiger partial charge on any atom is 0.164 e. The van der Waals surface area contributed by atoms with Crippen LogP contribution in [-0.2, 0) is 11.2 Å². The molecular formula is C17H25NO4. The van der Waals surface area contributed by atoms with Gasteiger partial charge in [-0.25, -0.2) is 0 Å². The van der Waals surface area contributed by atoms with Gasteiger partial charge in [-0.3, -0.25) is 4.90 Å². The molecule has 0 spiro atoms. The van der Waals surface area contributed by atoms with E-state index in [2.05, 4.69) is 11.0 Å². The Morgan fingerprint density at radius 3 is 2.50 bits per heavy atom. The number of hydrogen-bond donors (Lipinski definition) is 0. The molecule has 0 radical (unpaired) electrons. The highest BCUT2D eigenvalue weighted by atomic mass is 16.5. The first kappa shape index (κ1) is 15.4. The average molecular weight is 307 g/mol. The number of ether oxygens (including phenoxy) is 4. The lowest BCUT2D eigenvalue weighted by atomic mass is 10.1. The average Bonchev–Trinajstić information content (AvgIpc) is 2.80. The van der Waals surface area contributed by atoms with Gasteiger partial charge in [-0.1, -0.05) is 0 Å². The number of aryl methyl sites for hydroxylation is 1. The molecular weight excluding hydrogens is 282 g/mol. The van der Waals surface area contributed by atoms with Crippen molar-refractivity contribution in [1.82, 2.24) is 4.90 Å². The van der Waals surface area contributed by atoms with Gasteiger partial charge in [0.1, 0.15) is 5.75 Å². The van der Waals surface area contributed by atoms with Crippen LogP contribution in [0.15, 0.2) is 12.1 Å². The van der Waals surface area contributed by atoms with Gasteiger partial charge in [0.2, 0.25) is 0 Å². The third-order valence-corrected chi connectivity index (χ3v) is 4.17. The summed E-state index contributed by atoms with van der Waals surface area (Å²) in [6, 6.07) is 4.05. The minimum absolute atomic E-state index is 0.701. The molecule has 1 fully saturated rings. The zero-order chi connectivity index (χ0) is 15.2. The van der Waals surface area contributed by atoms with Crippen LogP contribution >= 0.6 is 0 Å². The van der Waals surface area contributed by atoms with Gasteiger partial charge in [-0.2, -0.15) is 0 Å². The van der Waals surface area contributed by atoms with E-state index in [1.54, 1.807) is 7.11 Å². The van der Waals surface area contributed by atoms with E-state index < -0.39 is 0 Å². The van der Waals surface area contributed by atoms with Crippen LogP contribution in [0.3, 0.4) is 0 Å². The Labute approximate surface area is 132 Å². The van der Waals surface area contributed by atoms with Gasteiger partial charge in [0, 0.05) is 25.6 Å². The van der Waals surface area contributed by atoms with Gasteiger partial charge in [0.25, 0.3) is 0 Å². The van der Waals surface area contributed by atoms with Crippen molar-refractivity contribution in [3.63, 3.8) is 0 Å². The highest BCUT2D eigenvalue weighted by Gasteiger charge is 2.16.